The number of nitrogen functional groups attached to an aromatic ring is 1. The van der Waals surface area contributed by atoms with E-state index < -0.39 is 0 Å². The molecular weight excluding hydrogens is 282 g/mol. The predicted octanol–water partition coefficient (Wildman–Crippen LogP) is 3.18. The summed E-state index contributed by atoms with van der Waals surface area (Å²) in [5, 5.41) is 4.80. The summed E-state index contributed by atoms with van der Waals surface area (Å²) < 4.78 is 8.27. The molecule has 2 aromatic heterocycles. The second-order valence-corrected chi connectivity index (χ2v) is 4.75. The highest BCUT2D eigenvalue weighted by Gasteiger charge is 2.16. The van der Waals surface area contributed by atoms with Gasteiger partial charge in [0.1, 0.15) is 5.69 Å². The van der Waals surface area contributed by atoms with Crippen LogP contribution in [0.5, 0.6) is 0 Å². The molecule has 3 rings (SSSR count). The maximum atomic E-state index is 5.84. The van der Waals surface area contributed by atoms with Crippen LogP contribution in [0.15, 0.2) is 39.6 Å². The van der Waals surface area contributed by atoms with Crippen molar-refractivity contribution in [3.8, 4) is 11.3 Å². The van der Waals surface area contributed by atoms with Crippen LogP contribution in [0.4, 0.5) is 5.69 Å². The minimum atomic E-state index is 0.549. The molecule has 0 aliphatic rings. The summed E-state index contributed by atoms with van der Waals surface area (Å²) in [6, 6.07) is 6.05. The number of hydrogen-bond donors (Lipinski definition) is 1. The first-order valence-electron chi connectivity index (χ1n) is 5.12. The van der Waals surface area contributed by atoms with E-state index in [9.17, 15) is 0 Å². The van der Waals surface area contributed by atoms with E-state index in [1.807, 2.05) is 29.9 Å². The summed E-state index contributed by atoms with van der Waals surface area (Å²) >= 11 is 3.55. The zero-order valence-electron chi connectivity index (χ0n) is 9.14. The average molecular weight is 292 g/mol. The minimum Gasteiger partial charge on any atom is -0.394 e. The van der Waals surface area contributed by atoms with Crippen LogP contribution in [-0.4, -0.2) is 9.72 Å². The van der Waals surface area contributed by atoms with E-state index in [-0.39, 0.29) is 0 Å². The highest BCUT2D eigenvalue weighted by Crippen LogP contribution is 2.37. The molecule has 0 saturated heterocycles. The van der Waals surface area contributed by atoms with Crippen LogP contribution in [0.3, 0.4) is 0 Å². The van der Waals surface area contributed by atoms with Gasteiger partial charge in [-0.3, -0.25) is 0 Å². The van der Waals surface area contributed by atoms with Gasteiger partial charge in [0.05, 0.1) is 6.20 Å². The number of nitrogens with two attached hydrogens (primary N) is 1. The van der Waals surface area contributed by atoms with Crippen molar-refractivity contribution in [2.24, 2.45) is 7.05 Å². The van der Waals surface area contributed by atoms with Gasteiger partial charge >= 0.3 is 0 Å². The normalized spacial score (nSPS) is 11.2. The van der Waals surface area contributed by atoms with Crippen LogP contribution in [0.1, 0.15) is 0 Å². The van der Waals surface area contributed by atoms with Gasteiger partial charge in [-0.25, -0.2) is 0 Å². The van der Waals surface area contributed by atoms with Gasteiger partial charge in [0.25, 0.3) is 0 Å². The van der Waals surface area contributed by atoms with E-state index >= 15 is 0 Å². The first-order chi connectivity index (χ1) is 8.18. The number of rotatable bonds is 1. The molecule has 0 atom stereocenters. The molecule has 0 aliphatic heterocycles. The van der Waals surface area contributed by atoms with Crippen LogP contribution in [-0.2, 0) is 7.05 Å². The molecule has 1 aromatic carbocycles. The van der Waals surface area contributed by atoms with Crippen LogP contribution in [0.2, 0.25) is 0 Å². The number of aryl methyl sites for hydroxylation is 1. The lowest BCUT2D eigenvalue weighted by atomic mass is 10.1. The summed E-state index contributed by atoms with van der Waals surface area (Å²) in [7, 11) is 1.99. The molecule has 2 N–H and O–H groups in total. The Balaban J connectivity index is 2.42. The summed E-state index contributed by atoms with van der Waals surface area (Å²) in [5.74, 6) is 0.613. The molecule has 0 fully saturated rings. The monoisotopic (exact) mass is 291 g/mol. The Morgan fingerprint density at radius 1 is 1.41 bits per heavy atom. The van der Waals surface area contributed by atoms with Crippen molar-refractivity contribution < 1.29 is 4.52 Å². The summed E-state index contributed by atoms with van der Waals surface area (Å²) in [6.45, 7) is 0. The van der Waals surface area contributed by atoms with Gasteiger partial charge in [-0.2, -0.15) is 0 Å². The Morgan fingerprint density at radius 2 is 2.24 bits per heavy atom. The highest BCUT2D eigenvalue weighted by molar-refractivity contribution is 9.10. The van der Waals surface area contributed by atoms with Gasteiger partial charge in [-0.15, -0.1) is 0 Å². The minimum absolute atomic E-state index is 0.549. The third-order valence-corrected chi connectivity index (χ3v) is 3.47. The Hall–Kier alpha value is -1.75. The topological polar surface area (TPSA) is 57.0 Å². The molecule has 17 heavy (non-hydrogen) atoms. The number of fused-ring (bicyclic) bond motifs is 1. The molecule has 0 amide bonds. The van der Waals surface area contributed by atoms with Crippen LogP contribution < -0.4 is 5.73 Å². The van der Waals surface area contributed by atoms with Crippen LogP contribution >= 0.6 is 15.9 Å². The molecule has 3 aromatic rings. The summed E-state index contributed by atoms with van der Waals surface area (Å²) in [4.78, 5) is 0. The van der Waals surface area contributed by atoms with Crippen molar-refractivity contribution in [2.45, 2.75) is 0 Å². The number of halogens is 1. The molecule has 0 radical (unpaired) electrons. The van der Waals surface area contributed by atoms with Crippen molar-refractivity contribution in [2.75, 3.05) is 5.73 Å². The van der Waals surface area contributed by atoms with Crippen molar-refractivity contribution in [3.05, 3.63) is 35.1 Å². The van der Waals surface area contributed by atoms with E-state index in [0.717, 1.165) is 20.9 Å². The Labute approximate surface area is 106 Å². The molecule has 2 heterocycles. The molecule has 4 nitrogen and oxygen atoms in total. The maximum absolute atomic E-state index is 5.84. The van der Waals surface area contributed by atoms with E-state index in [1.54, 1.807) is 0 Å². The average Bonchev–Trinajstić information content (AvgIpc) is 2.85. The Kier molecular flexibility index (Phi) is 2.22. The number of anilines is 1. The Morgan fingerprint density at radius 3 is 2.94 bits per heavy atom. The SMILES string of the molecule is Cn1cc(-c2oncc2N)c2c(Br)cccc21. The van der Waals surface area contributed by atoms with Gasteiger partial charge in [0, 0.05) is 34.2 Å². The molecule has 0 aliphatic carbocycles. The smallest absolute Gasteiger partial charge is 0.191 e. The fourth-order valence-electron chi connectivity index (χ4n) is 2.03. The van der Waals surface area contributed by atoms with Crippen molar-refractivity contribution >= 4 is 32.5 Å². The van der Waals surface area contributed by atoms with Crippen LogP contribution in [0.25, 0.3) is 22.2 Å². The predicted molar refractivity (Wildman–Crippen MR) is 70.5 cm³/mol. The van der Waals surface area contributed by atoms with Crippen molar-refractivity contribution in [1.29, 1.82) is 0 Å². The van der Waals surface area contributed by atoms with Gasteiger partial charge < -0.3 is 14.8 Å². The van der Waals surface area contributed by atoms with Crippen molar-refractivity contribution in [3.63, 3.8) is 0 Å². The largest absolute Gasteiger partial charge is 0.394 e. The second kappa shape index (κ2) is 3.63. The lowest BCUT2D eigenvalue weighted by molar-refractivity contribution is 0.433. The zero-order chi connectivity index (χ0) is 12.0. The quantitative estimate of drug-likeness (QED) is 0.749. The second-order valence-electron chi connectivity index (χ2n) is 3.90. The third kappa shape index (κ3) is 1.46. The molecule has 0 bridgehead atoms. The van der Waals surface area contributed by atoms with Gasteiger partial charge in [0.15, 0.2) is 5.76 Å². The number of nitrogens with zero attached hydrogens (tertiary/aromatic N) is 2. The number of aromatic nitrogens is 2. The molecule has 0 spiro atoms. The van der Waals surface area contributed by atoms with E-state index in [0.29, 0.717) is 11.4 Å². The number of benzene rings is 1. The summed E-state index contributed by atoms with van der Waals surface area (Å²) in [6.07, 6.45) is 3.51. The van der Waals surface area contributed by atoms with E-state index in [2.05, 4.69) is 27.2 Å². The third-order valence-electron chi connectivity index (χ3n) is 2.81. The first-order valence-corrected chi connectivity index (χ1v) is 5.92. The molecule has 86 valence electrons. The Bertz CT molecular complexity index is 699. The first kappa shape index (κ1) is 10.4. The molecular formula is C12H10BrN3O. The van der Waals surface area contributed by atoms with E-state index in [4.69, 9.17) is 10.3 Å². The maximum Gasteiger partial charge on any atom is 0.191 e. The molecule has 0 saturated carbocycles. The summed E-state index contributed by atoms with van der Waals surface area (Å²) in [5.41, 5.74) is 8.46. The zero-order valence-corrected chi connectivity index (χ0v) is 10.7. The van der Waals surface area contributed by atoms with Gasteiger partial charge in [-0.05, 0) is 12.1 Å². The lowest BCUT2D eigenvalue weighted by Crippen LogP contribution is -1.84. The fraction of sp³-hybridized carbons (Fsp3) is 0.0833. The van der Waals surface area contributed by atoms with Gasteiger partial charge in [-0.1, -0.05) is 27.2 Å². The fourth-order valence-corrected chi connectivity index (χ4v) is 2.59. The lowest BCUT2D eigenvalue weighted by Gasteiger charge is -1.98. The van der Waals surface area contributed by atoms with E-state index in [1.165, 1.54) is 6.20 Å². The van der Waals surface area contributed by atoms with Gasteiger partial charge in [0.2, 0.25) is 0 Å². The standard InChI is InChI=1S/C12H10BrN3O/c1-16-6-7(12-9(14)5-15-17-12)11-8(13)3-2-4-10(11)16/h2-6H,14H2,1H3. The highest BCUT2D eigenvalue weighted by atomic mass is 79.9. The van der Waals surface area contributed by atoms with Crippen LogP contribution in [0, 0.1) is 0 Å². The molecule has 5 heteroatoms. The van der Waals surface area contributed by atoms with Crippen molar-refractivity contribution in [1.82, 2.24) is 9.72 Å². The molecule has 0 unspecified atom stereocenters. The number of hydrogen-bond acceptors (Lipinski definition) is 3.